The third kappa shape index (κ3) is 4.01. The van der Waals surface area contributed by atoms with Gasteiger partial charge in [-0.15, -0.1) is 11.3 Å². The number of benzene rings is 2. The highest BCUT2D eigenvalue weighted by atomic mass is 35.5. The normalized spacial score (nSPS) is 11.0. The molecular weight excluding hydrogens is 353 g/mol. The molecule has 0 aliphatic carbocycles. The fourth-order valence-electron chi connectivity index (χ4n) is 1.91. The molecule has 0 radical (unpaired) electrons. The van der Waals surface area contributed by atoms with Gasteiger partial charge in [0.05, 0.1) is 16.9 Å². The number of hydrogen-bond donors (Lipinski definition) is 2. The minimum absolute atomic E-state index is 0.197. The number of aromatic hydroxyl groups is 1. The van der Waals surface area contributed by atoms with Crippen LogP contribution in [0.25, 0.3) is 11.3 Å². The van der Waals surface area contributed by atoms with Gasteiger partial charge >= 0.3 is 0 Å². The maximum absolute atomic E-state index is 9.39. The van der Waals surface area contributed by atoms with E-state index < -0.39 is 0 Å². The van der Waals surface area contributed by atoms with E-state index in [2.05, 4.69) is 15.5 Å². The van der Waals surface area contributed by atoms with Crippen LogP contribution in [-0.4, -0.2) is 16.3 Å². The summed E-state index contributed by atoms with van der Waals surface area (Å²) in [7, 11) is 0. The highest BCUT2D eigenvalue weighted by Gasteiger charge is 2.08. The number of hydrogen-bond acceptors (Lipinski definition) is 5. The first kappa shape index (κ1) is 15.8. The van der Waals surface area contributed by atoms with Crippen molar-refractivity contribution in [2.45, 2.75) is 0 Å². The number of rotatable bonds is 4. The van der Waals surface area contributed by atoms with Gasteiger partial charge in [0.1, 0.15) is 5.75 Å². The van der Waals surface area contributed by atoms with Gasteiger partial charge in [-0.1, -0.05) is 35.3 Å². The van der Waals surface area contributed by atoms with Gasteiger partial charge in [0.25, 0.3) is 0 Å². The van der Waals surface area contributed by atoms with Crippen LogP contribution < -0.4 is 5.43 Å². The summed E-state index contributed by atoms with van der Waals surface area (Å²) in [6.45, 7) is 0. The monoisotopic (exact) mass is 363 g/mol. The molecule has 2 N–H and O–H groups in total. The molecule has 3 aromatic rings. The number of nitrogens with zero attached hydrogens (tertiary/aromatic N) is 2. The molecule has 0 unspecified atom stereocenters. The number of phenolic OH excluding ortho intramolecular Hbond substituents is 1. The van der Waals surface area contributed by atoms with Crippen molar-refractivity contribution in [1.82, 2.24) is 4.98 Å². The van der Waals surface area contributed by atoms with Crippen molar-refractivity contribution in [1.29, 1.82) is 0 Å². The average Bonchev–Trinajstić information content (AvgIpc) is 2.96. The zero-order valence-corrected chi connectivity index (χ0v) is 14.0. The number of aromatic nitrogens is 1. The summed E-state index contributed by atoms with van der Waals surface area (Å²) < 4.78 is 0. The van der Waals surface area contributed by atoms with Crippen molar-refractivity contribution < 1.29 is 5.11 Å². The quantitative estimate of drug-likeness (QED) is 0.490. The third-order valence-corrected chi connectivity index (χ3v) is 4.25. The van der Waals surface area contributed by atoms with Gasteiger partial charge in [-0.05, 0) is 35.9 Å². The molecular formula is C16H11Cl2N3OS. The Morgan fingerprint density at radius 2 is 2.04 bits per heavy atom. The molecule has 0 amide bonds. The number of phenols is 1. The fraction of sp³-hybridized carbons (Fsp3) is 0. The van der Waals surface area contributed by atoms with E-state index in [0.29, 0.717) is 15.2 Å². The predicted molar refractivity (Wildman–Crippen MR) is 96.9 cm³/mol. The zero-order chi connectivity index (χ0) is 16.2. The summed E-state index contributed by atoms with van der Waals surface area (Å²) in [5, 5.41) is 17.2. The second-order valence-electron chi connectivity index (χ2n) is 4.63. The van der Waals surface area contributed by atoms with Crippen molar-refractivity contribution in [2.24, 2.45) is 5.10 Å². The number of hydrazone groups is 1. The van der Waals surface area contributed by atoms with Gasteiger partial charge in [-0.3, -0.25) is 5.43 Å². The molecule has 0 spiro atoms. The van der Waals surface area contributed by atoms with E-state index >= 15 is 0 Å². The van der Waals surface area contributed by atoms with E-state index in [4.69, 9.17) is 23.2 Å². The summed E-state index contributed by atoms with van der Waals surface area (Å²) in [6.07, 6.45) is 1.61. The number of halogens is 2. The lowest BCUT2D eigenvalue weighted by Crippen LogP contribution is -1.90. The largest absolute Gasteiger partial charge is 0.508 e. The van der Waals surface area contributed by atoms with Crippen molar-refractivity contribution in [2.75, 3.05) is 5.43 Å². The van der Waals surface area contributed by atoms with Gasteiger partial charge in [0.15, 0.2) is 0 Å². The Labute approximate surface area is 147 Å². The van der Waals surface area contributed by atoms with Crippen molar-refractivity contribution in [3.8, 4) is 17.0 Å². The molecule has 0 bridgehead atoms. The fourth-order valence-corrected chi connectivity index (χ4v) is 3.08. The molecule has 0 saturated heterocycles. The summed E-state index contributed by atoms with van der Waals surface area (Å²) in [6, 6.07) is 12.1. The van der Waals surface area contributed by atoms with E-state index in [1.807, 2.05) is 17.5 Å². The van der Waals surface area contributed by atoms with Gasteiger partial charge < -0.3 is 5.11 Å². The topological polar surface area (TPSA) is 57.5 Å². The lowest BCUT2D eigenvalue weighted by molar-refractivity contribution is 0.475. The summed E-state index contributed by atoms with van der Waals surface area (Å²) >= 11 is 13.5. The Morgan fingerprint density at radius 1 is 1.17 bits per heavy atom. The van der Waals surface area contributed by atoms with E-state index in [-0.39, 0.29) is 5.75 Å². The molecule has 116 valence electrons. The third-order valence-electron chi connectivity index (χ3n) is 2.96. The Balaban J connectivity index is 1.72. The Hall–Kier alpha value is -2.08. The molecule has 4 nitrogen and oxygen atoms in total. The first-order chi connectivity index (χ1) is 11.1. The van der Waals surface area contributed by atoms with Crippen LogP contribution in [0.15, 0.2) is 52.9 Å². The van der Waals surface area contributed by atoms with Crippen LogP contribution in [0.5, 0.6) is 5.75 Å². The summed E-state index contributed by atoms with van der Waals surface area (Å²) in [5.74, 6) is 0.197. The zero-order valence-electron chi connectivity index (χ0n) is 11.7. The molecule has 0 saturated carbocycles. The molecule has 0 aliphatic heterocycles. The van der Waals surface area contributed by atoms with Crippen LogP contribution in [0.2, 0.25) is 10.0 Å². The van der Waals surface area contributed by atoms with Crippen LogP contribution in [0.1, 0.15) is 5.56 Å². The Bertz CT molecular complexity index is 864. The number of anilines is 1. The molecule has 23 heavy (non-hydrogen) atoms. The van der Waals surface area contributed by atoms with E-state index in [0.717, 1.165) is 16.8 Å². The average molecular weight is 364 g/mol. The predicted octanol–water partition coefficient (Wildman–Crippen LogP) is 5.27. The minimum Gasteiger partial charge on any atom is -0.508 e. The Kier molecular flexibility index (Phi) is 4.81. The van der Waals surface area contributed by atoms with Crippen LogP contribution in [0, 0.1) is 0 Å². The highest BCUT2D eigenvalue weighted by Crippen LogP contribution is 2.32. The summed E-state index contributed by atoms with van der Waals surface area (Å²) in [4.78, 5) is 4.44. The lowest BCUT2D eigenvalue weighted by Gasteiger charge is -2.00. The molecule has 1 heterocycles. The van der Waals surface area contributed by atoms with Crippen molar-refractivity contribution in [3.05, 3.63) is 63.5 Å². The molecule has 0 fully saturated rings. The number of thiazole rings is 1. The molecule has 7 heteroatoms. The SMILES string of the molecule is Oc1cccc(/C=N\Nc2nc(-c3ccc(Cl)cc3Cl)cs2)c1. The van der Waals surface area contributed by atoms with Crippen LogP contribution >= 0.6 is 34.5 Å². The molecule has 0 atom stereocenters. The van der Waals surface area contributed by atoms with Gasteiger partial charge in [-0.2, -0.15) is 5.10 Å². The first-order valence-corrected chi connectivity index (χ1v) is 8.24. The number of nitrogens with one attached hydrogen (secondary N) is 1. The summed E-state index contributed by atoms with van der Waals surface area (Å²) in [5.41, 5.74) is 5.22. The van der Waals surface area contributed by atoms with Gasteiger partial charge in [0, 0.05) is 16.0 Å². The van der Waals surface area contributed by atoms with Crippen molar-refractivity contribution in [3.63, 3.8) is 0 Å². The molecule has 0 aliphatic rings. The molecule has 1 aromatic heterocycles. The molecule has 3 rings (SSSR count). The van der Waals surface area contributed by atoms with Gasteiger partial charge in [-0.25, -0.2) is 4.98 Å². The minimum atomic E-state index is 0.197. The van der Waals surface area contributed by atoms with Gasteiger partial charge in [0.2, 0.25) is 5.13 Å². The van der Waals surface area contributed by atoms with E-state index in [1.54, 1.807) is 36.5 Å². The second kappa shape index (κ2) is 7.00. The van der Waals surface area contributed by atoms with Crippen LogP contribution in [-0.2, 0) is 0 Å². The maximum Gasteiger partial charge on any atom is 0.203 e. The highest BCUT2D eigenvalue weighted by molar-refractivity contribution is 7.14. The van der Waals surface area contributed by atoms with Crippen LogP contribution in [0.3, 0.4) is 0 Å². The van der Waals surface area contributed by atoms with E-state index in [1.165, 1.54) is 11.3 Å². The molecule has 2 aromatic carbocycles. The second-order valence-corrected chi connectivity index (χ2v) is 6.33. The van der Waals surface area contributed by atoms with Crippen molar-refractivity contribution >= 4 is 45.9 Å². The van der Waals surface area contributed by atoms with Crippen LogP contribution in [0.4, 0.5) is 5.13 Å². The smallest absolute Gasteiger partial charge is 0.203 e. The maximum atomic E-state index is 9.39. The standard InChI is InChI=1S/C16H11Cl2N3OS/c17-11-4-5-13(14(18)7-11)15-9-23-16(20-15)21-19-8-10-2-1-3-12(22)6-10/h1-9,22H,(H,20,21)/b19-8-. The van der Waals surface area contributed by atoms with E-state index in [9.17, 15) is 5.11 Å². The lowest BCUT2D eigenvalue weighted by atomic mass is 10.2. The Morgan fingerprint density at radius 3 is 2.83 bits per heavy atom. The first-order valence-electron chi connectivity index (χ1n) is 6.61.